The lowest BCUT2D eigenvalue weighted by Gasteiger charge is -2.22. The van der Waals surface area contributed by atoms with Gasteiger partial charge in [-0.2, -0.15) is 0 Å². The average Bonchev–Trinajstić information content (AvgIpc) is 3.21. The second kappa shape index (κ2) is 8.36. The number of fused-ring (bicyclic) bond motifs is 2. The molecular weight excluding hydrogens is 427 g/mol. The molecule has 0 bridgehead atoms. The summed E-state index contributed by atoms with van der Waals surface area (Å²) in [7, 11) is 0. The Morgan fingerprint density at radius 1 is 1.27 bits per heavy atom. The fourth-order valence-corrected chi connectivity index (χ4v) is 4.27. The molecule has 2 aliphatic rings. The molecular formula is C23H25FN6O3. The maximum absolute atomic E-state index is 15.3. The maximum atomic E-state index is 15.3. The summed E-state index contributed by atoms with van der Waals surface area (Å²) >= 11 is 0. The third-order valence-corrected chi connectivity index (χ3v) is 6.17. The first-order valence-electron chi connectivity index (χ1n) is 10.8. The molecule has 0 spiro atoms. The van der Waals surface area contributed by atoms with Gasteiger partial charge in [-0.15, -0.1) is 0 Å². The number of pyridine rings is 2. The number of hydrogen-bond acceptors (Lipinski definition) is 8. The van der Waals surface area contributed by atoms with Crippen LogP contribution >= 0.6 is 0 Å². The largest absolute Gasteiger partial charge is 0.474 e. The predicted octanol–water partition coefficient (Wildman–Crippen LogP) is 3.29. The summed E-state index contributed by atoms with van der Waals surface area (Å²) in [6, 6.07) is 3.33. The van der Waals surface area contributed by atoms with E-state index in [0.717, 1.165) is 17.8 Å². The molecule has 10 heteroatoms. The van der Waals surface area contributed by atoms with E-state index in [1.807, 2.05) is 13.8 Å². The van der Waals surface area contributed by atoms with E-state index in [0.29, 0.717) is 53.3 Å². The summed E-state index contributed by atoms with van der Waals surface area (Å²) in [5.74, 6) is 0.476. The molecule has 5 rings (SSSR count). The van der Waals surface area contributed by atoms with Crippen LogP contribution in [0.5, 0.6) is 5.88 Å². The van der Waals surface area contributed by atoms with Crippen molar-refractivity contribution in [2.45, 2.75) is 20.0 Å². The number of carbonyl (C=O) groups excluding carboxylic acids is 1. The Hall–Kier alpha value is -3.66. The van der Waals surface area contributed by atoms with Crippen LogP contribution in [0.15, 0.2) is 24.5 Å². The second-order valence-electron chi connectivity index (χ2n) is 8.40. The van der Waals surface area contributed by atoms with Crippen molar-refractivity contribution in [1.82, 2.24) is 15.3 Å². The van der Waals surface area contributed by atoms with Crippen molar-refractivity contribution in [3.8, 4) is 17.0 Å². The highest BCUT2D eigenvalue weighted by Crippen LogP contribution is 2.39. The quantitative estimate of drug-likeness (QED) is 0.447. The Labute approximate surface area is 189 Å². The Morgan fingerprint density at radius 3 is 2.91 bits per heavy atom. The van der Waals surface area contributed by atoms with Gasteiger partial charge in [0, 0.05) is 54.5 Å². The molecule has 5 N–H and O–H groups in total. The zero-order valence-corrected chi connectivity index (χ0v) is 18.4. The van der Waals surface area contributed by atoms with E-state index in [2.05, 4.69) is 25.9 Å². The molecule has 2 aromatic heterocycles. The first-order chi connectivity index (χ1) is 15.9. The molecule has 172 valence electrons. The molecule has 1 amide bonds. The number of ether oxygens (including phenoxy) is 2. The SMILES string of the molecule is Cc1c(-c2cc3cc(NC(=O)O[C@H]4CNC[C@@H]4C)ncc3c(N)c2F)cnc2c1NCCO2. The summed E-state index contributed by atoms with van der Waals surface area (Å²) in [6.45, 7) is 6.49. The lowest BCUT2D eigenvalue weighted by Crippen LogP contribution is -2.27. The predicted molar refractivity (Wildman–Crippen MR) is 124 cm³/mol. The highest BCUT2D eigenvalue weighted by atomic mass is 19.1. The first-order valence-corrected chi connectivity index (χ1v) is 10.8. The number of rotatable bonds is 3. The molecule has 0 aliphatic carbocycles. The molecule has 2 aliphatic heterocycles. The Bertz CT molecular complexity index is 1250. The highest BCUT2D eigenvalue weighted by Gasteiger charge is 2.27. The van der Waals surface area contributed by atoms with Gasteiger partial charge < -0.3 is 25.8 Å². The van der Waals surface area contributed by atoms with E-state index in [1.54, 1.807) is 18.3 Å². The van der Waals surface area contributed by atoms with Gasteiger partial charge in [-0.25, -0.2) is 19.2 Å². The minimum absolute atomic E-state index is 0.0173. The standard InChI is InChI=1S/C23H25FN6O3/c1-11-7-26-10-17(11)33-23(31)30-18-6-13-5-14(19(24)20(25)16(13)9-28-18)15-8-29-22-21(12(15)2)27-3-4-32-22/h5-6,8-9,11,17,26-27H,3-4,7,10,25H2,1-2H3,(H,28,30,31)/t11-,17-/m0/s1. The lowest BCUT2D eigenvalue weighted by molar-refractivity contribution is 0.100. The van der Waals surface area contributed by atoms with Crippen molar-refractivity contribution in [1.29, 1.82) is 0 Å². The van der Waals surface area contributed by atoms with Crippen molar-refractivity contribution < 1.29 is 18.7 Å². The highest BCUT2D eigenvalue weighted by molar-refractivity contribution is 5.99. The van der Waals surface area contributed by atoms with Crippen LogP contribution < -0.4 is 26.4 Å². The van der Waals surface area contributed by atoms with Gasteiger partial charge in [0.05, 0.1) is 5.69 Å². The van der Waals surface area contributed by atoms with Crippen LogP contribution in [0.1, 0.15) is 12.5 Å². The third-order valence-electron chi connectivity index (χ3n) is 6.17. The van der Waals surface area contributed by atoms with Crippen molar-refractivity contribution in [2.24, 2.45) is 5.92 Å². The van der Waals surface area contributed by atoms with Crippen molar-refractivity contribution in [2.75, 3.05) is 42.6 Å². The van der Waals surface area contributed by atoms with Gasteiger partial charge >= 0.3 is 6.09 Å². The smallest absolute Gasteiger partial charge is 0.413 e. The summed E-state index contributed by atoms with van der Waals surface area (Å²) < 4.78 is 26.3. The summed E-state index contributed by atoms with van der Waals surface area (Å²) in [4.78, 5) is 20.9. The van der Waals surface area contributed by atoms with E-state index in [-0.39, 0.29) is 17.7 Å². The van der Waals surface area contributed by atoms with Gasteiger partial charge in [0.25, 0.3) is 0 Å². The van der Waals surface area contributed by atoms with Crippen LogP contribution in [0.25, 0.3) is 21.9 Å². The number of carbonyl (C=O) groups is 1. The number of nitrogens with two attached hydrogens (primary N) is 1. The number of halogens is 1. The van der Waals surface area contributed by atoms with Crippen LogP contribution in [0.3, 0.4) is 0 Å². The van der Waals surface area contributed by atoms with Crippen LogP contribution in [-0.4, -0.2) is 48.4 Å². The van der Waals surface area contributed by atoms with Crippen molar-refractivity contribution in [3.63, 3.8) is 0 Å². The number of benzene rings is 1. The fraction of sp³-hybridized carbons (Fsp3) is 0.348. The van der Waals surface area contributed by atoms with Crippen LogP contribution in [-0.2, 0) is 4.74 Å². The average molecular weight is 452 g/mol. The van der Waals surface area contributed by atoms with E-state index >= 15 is 4.39 Å². The van der Waals surface area contributed by atoms with E-state index in [1.165, 1.54) is 6.20 Å². The molecule has 9 nitrogen and oxygen atoms in total. The maximum Gasteiger partial charge on any atom is 0.413 e. The van der Waals surface area contributed by atoms with Gasteiger partial charge in [-0.1, -0.05) is 6.92 Å². The lowest BCUT2D eigenvalue weighted by atomic mass is 9.97. The minimum Gasteiger partial charge on any atom is -0.474 e. The van der Waals surface area contributed by atoms with Gasteiger partial charge in [0.15, 0.2) is 5.82 Å². The Morgan fingerprint density at radius 2 is 2.12 bits per heavy atom. The van der Waals surface area contributed by atoms with Crippen molar-refractivity contribution >= 4 is 34.1 Å². The number of anilines is 3. The van der Waals surface area contributed by atoms with Crippen LogP contribution in [0.2, 0.25) is 0 Å². The number of nitrogen functional groups attached to an aromatic ring is 1. The van der Waals surface area contributed by atoms with Crippen LogP contribution in [0.4, 0.5) is 26.4 Å². The zero-order valence-electron chi connectivity index (χ0n) is 18.4. The van der Waals surface area contributed by atoms with Crippen LogP contribution in [0, 0.1) is 18.7 Å². The molecule has 0 unspecified atom stereocenters. The molecule has 0 saturated carbocycles. The molecule has 1 fully saturated rings. The Balaban J connectivity index is 1.48. The van der Waals surface area contributed by atoms with Gasteiger partial charge in [0.2, 0.25) is 5.88 Å². The monoisotopic (exact) mass is 452 g/mol. The third kappa shape index (κ3) is 3.86. The van der Waals surface area contributed by atoms with E-state index in [4.69, 9.17) is 15.2 Å². The number of nitrogens with zero attached hydrogens (tertiary/aromatic N) is 2. The van der Waals surface area contributed by atoms with E-state index in [9.17, 15) is 4.79 Å². The second-order valence-corrected chi connectivity index (χ2v) is 8.40. The van der Waals surface area contributed by atoms with Gasteiger partial charge in [-0.3, -0.25) is 5.32 Å². The van der Waals surface area contributed by atoms with Gasteiger partial charge in [0.1, 0.15) is 24.2 Å². The Kier molecular flexibility index (Phi) is 5.37. The molecule has 33 heavy (non-hydrogen) atoms. The molecule has 3 aromatic rings. The van der Waals surface area contributed by atoms with Gasteiger partial charge in [-0.05, 0) is 30.0 Å². The molecule has 2 atom stereocenters. The number of hydrogen-bond donors (Lipinski definition) is 4. The van der Waals surface area contributed by atoms with Crippen molar-refractivity contribution in [3.05, 3.63) is 35.9 Å². The molecule has 1 aromatic carbocycles. The number of nitrogens with one attached hydrogen (secondary N) is 3. The summed E-state index contributed by atoms with van der Waals surface area (Å²) in [5.41, 5.74) is 8.58. The number of amides is 1. The van der Waals surface area contributed by atoms with E-state index < -0.39 is 11.9 Å². The summed E-state index contributed by atoms with van der Waals surface area (Å²) in [5, 5.41) is 10.2. The minimum atomic E-state index is -0.585. The topological polar surface area (TPSA) is 123 Å². The molecule has 4 heterocycles. The molecule has 0 radical (unpaired) electrons. The first kappa shape index (κ1) is 21.2. The molecule has 1 saturated heterocycles. The summed E-state index contributed by atoms with van der Waals surface area (Å²) in [6.07, 6.45) is 2.25. The zero-order chi connectivity index (χ0) is 23.1. The number of aromatic nitrogens is 2. The fourth-order valence-electron chi connectivity index (χ4n) is 4.27. The normalized spacial score (nSPS) is 19.5.